The second-order valence-corrected chi connectivity index (χ2v) is 3.63. The molecule has 1 aromatic carbocycles. The summed E-state index contributed by atoms with van der Waals surface area (Å²) in [5.74, 6) is 1.65. The molecule has 4 nitrogen and oxygen atoms in total. The fourth-order valence-corrected chi connectivity index (χ4v) is 1.60. The smallest absolute Gasteiger partial charge is 0.119 e. The summed E-state index contributed by atoms with van der Waals surface area (Å²) < 4.78 is 5.17. The van der Waals surface area contributed by atoms with Crippen LogP contribution in [0.15, 0.2) is 30.5 Å². The summed E-state index contributed by atoms with van der Waals surface area (Å²) in [6.45, 7) is 0. The van der Waals surface area contributed by atoms with E-state index in [9.17, 15) is 0 Å². The maximum Gasteiger partial charge on any atom is 0.119 e. The average molecular weight is 227 g/mol. The normalized spacial score (nSPS) is 9.88. The van der Waals surface area contributed by atoms with Gasteiger partial charge in [-0.05, 0) is 12.1 Å². The van der Waals surface area contributed by atoms with Crippen molar-refractivity contribution in [3.05, 3.63) is 36.3 Å². The maximum atomic E-state index is 8.51. The van der Waals surface area contributed by atoms with Gasteiger partial charge in [-0.1, -0.05) is 12.1 Å². The van der Waals surface area contributed by atoms with Crippen LogP contribution in [0.1, 0.15) is 12.2 Å². The number of nitriles is 1. The monoisotopic (exact) mass is 227 g/mol. The molecule has 86 valence electrons. The number of hydrogen-bond donors (Lipinski definition) is 1. The molecule has 0 aliphatic carbocycles. The zero-order valence-electron chi connectivity index (χ0n) is 9.60. The molecule has 0 spiro atoms. The van der Waals surface area contributed by atoms with Gasteiger partial charge in [0.1, 0.15) is 11.6 Å². The molecule has 0 aliphatic heterocycles. The van der Waals surface area contributed by atoms with Crippen LogP contribution in [0.4, 0.5) is 0 Å². The van der Waals surface area contributed by atoms with Crippen LogP contribution >= 0.6 is 0 Å². The highest BCUT2D eigenvalue weighted by molar-refractivity contribution is 5.60. The van der Waals surface area contributed by atoms with Crippen molar-refractivity contribution in [3.8, 4) is 23.1 Å². The van der Waals surface area contributed by atoms with Gasteiger partial charge >= 0.3 is 0 Å². The fourth-order valence-electron chi connectivity index (χ4n) is 1.60. The van der Waals surface area contributed by atoms with E-state index in [0.29, 0.717) is 12.8 Å². The third-order valence-electron chi connectivity index (χ3n) is 2.48. The number of rotatable bonds is 4. The van der Waals surface area contributed by atoms with Crippen LogP contribution in [0.5, 0.6) is 5.75 Å². The molecule has 4 heteroatoms. The lowest BCUT2D eigenvalue weighted by atomic mass is 10.1. The highest BCUT2D eigenvalue weighted by Crippen LogP contribution is 2.22. The van der Waals surface area contributed by atoms with Crippen molar-refractivity contribution in [2.75, 3.05) is 7.11 Å². The standard InChI is InChI=1S/C13H13N3O/c1-17-11-5-2-4-10(8-11)12-9-15-13(16-12)6-3-7-14/h2,4-5,8-9H,3,6H2,1H3,(H,15,16). The Labute approximate surface area is 99.9 Å². The summed E-state index contributed by atoms with van der Waals surface area (Å²) in [6.07, 6.45) is 2.91. The van der Waals surface area contributed by atoms with Gasteiger partial charge in [0.2, 0.25) is 0 Å². The SMILES string of the molecule is COc1cccc(-c2cnc(CCC#N)[nH]2)c1. The van der Waals surface area contributed by atoms with Gasteiger partial charge in [-0.15, -0.1) is 0 Å². The van der Waals surface area contributed by atoms with Gasteiger partial charge in [-0.2, -0.15) is 5.26 Å². The first kappa shape index (κ1) is 11.2. The molecule has 0 radical (unpaired) electrons. The second-order valence-electron chi connectivity index (χ2n) is 3.63. The molecular formula is C13H13N3O. The molecular weight excluding hydrogens is 214 g/mol. The number of aromatic nitrogens is 2. The molecule has 2 rings (SSSR count). The maximum absolute atomic E-state index is 8.51. The number of ether oxygens (including phenoxy) is 1. The van der Waals surface area contributed by atoms with Crippen molar-refractivity contribution in [1.29, 1.82) is 5.26 Å². The molecule has 0 bridgehead atoms. The molecule has 1 heterocycles. The van der Waals surface area contributed by atoms with Crippen LogP contribution < -0.4 is 4.74 Å². The van der Waals surface area contributed by atoms with Crippen molar-refractivity contribution in [1.82, 2.24) is 9.97 Å². The van der Waals surface area contributed by atoms with E-state index in [1.807, 2.05) is 24.3 Å². The summed E-state index contributed by atoms with van der Waals surface area (Å²) in [5, 5.41) is 8.51. The molecule has 2 aromatic rings. The van der Waals surface area contributed by atoms with Crippen LogP contribution in [-0.4, -0.2) is 17.1 Å². The Kier molecular flexibility index (Phi) is 3.41. The summed E-state index contributed by atoms with van der Waals surface area (Å²) in [7, 11) is 1.64. The first-order chi connectivity index (χ1) is 8.33. The lowest BCUT2D eigenvalue weighted by molar-refractivity contribution is 0.415. The van der Waals surface area contributed by atoms with E-state index in [4.69, 9.17) is 10.00 Å². The van der Waals surface area contributed by atoms with E-state index in [1.54, 1.807) is 13.3 Å². The number of H-pyrrole nitrogens is 1. The quantitative estimate of drug-likeness (QED) is 0.873. The largest absolute Gasteiger partial charge is 0.497 e. The van der Waals surface area contributed by atoms with E-state index >= 15 is 0 Å². The van der Waals surface area contributed by atoms with Crippen molar-refractivity contribution >= 4 is 0 Å². The number of imidazole rings is 1. The lowest BCUT2D eigenvalue weighted by Gasteiger charge is -2.01. The zero-order chi connectivity index (χ0) is 12.1. The summed E-state index contributed by atoms with van der Waals surface area (Å²) >= 11 is 0. The average Bonchev–Trinajstić information content (AvgIpc) is 2.85. The van der Waals surface area contributed by atoms with Gasteiger partial charge in [0.25, 0.3) is 0 Å². The highest BCUT2D eigenvalue weighted by atomic mass is 16.5. The Balaban J connectivity index is 2.21. The van der Waals surface area contributed by atoms with Crippen LogP contribution in [0.2, 0.25) is 0 Å². The number of hydrogen-bond acceptors (Lipinski definition) is 3. The molecule has 0 saturated carbocycles. The van der Waals surface area contributed by atoms with Gasteiger partial charge < -0.3 is 9.72 Å². The molecule has 0 aliphatic rings. The Morgan fingerprint density at radius 2 is 2.35 bits per heavy atom. The van der Waals surface area contributed by atoms with Crippen molar-refractivity contribution in [2.24, 2.45) is 0 Å². The molecule has 0 saturated heterocycles. The predicted molar refractivity (Wildman–Crippen MR) is 64.5 cm³/mol. The molecule has 0 unspecified atom stereocenters. The summed E-state index contributed by atoms with van der Waals surface area (Å²) in [6, 6.07) is 9.87. The third kappa shape index (κ3) is 2.64. The van der Waals surface area contributed by atoms with Crippen LogP contribution in [0.3, 0.4) is 0 Å². The molecule has 0 atom stereocenters. The number of aromatic amines is 1. The minimum atomic E-state index is 0.477. The fraction of sp³-hybridized carbons (Fsp3) is 0.231. The van der Waals surface area contributed by atoms with E-state index in [2.05, 4.69) is 16.0 Å². The van der Waals surface area contributed by atoms with Gasteiger partial charge in [0.15, 0.2) is 0 Å². The minimum Gasteiger partial charge on any atom is -0.497 e. The number of nitrogens with zero attached hydrogens (tertiary/aromatic N) is 2. The highest BCUT2D eigenvalue weighted by Gasteiger charge is 2.04. The number of methoxy groups -OCH3 is 1. The Bertz CT molecular complexity index is 540. The van der Waals surface area contributed by atoms with Gasteiger partial charge in [0, 0.05) is 18.4 Å². The second kappa shape index (κ2) is 5.17. The Morgan fingerprint density at radius 1 is 1.47 bits per heavy atom. The van der Waals surface area contributed by atoms with Crippen molar-refractivity contribution in [3.63, 3.8) is 0 Å². The Morgan fingerprint density at radius 3 is 3.12 bits per heavy atom. The van der Waals surface area contributed by atoms with Crippen LogP contribution in [0.25, 0.3) is 11.3 Å². The van der Waals surface area contributed by atoms with Gasteiger partial charge in [0.05, 0.1) is 25.1 Å². The van der Waals surface area contributed by atoms with Crippen molar-refractivity contribution < 1.29 is 4.74 Å². The zero-order valence-corrected chi connectivity index (χ0v) is 9.60. The van der Waals surface area contributed by atoms with E-state index < -0.39 is 0 Å². The predicted octanol–water partition coefficient (Wildman–Crippen LogP) is 2.54. The molecule has 0 amide bonds. The number of benzene rings is 1. The first-order valence-corrected chi connectivity index (χ1v) is 5.38. The molecule has 1 N–H and O–H groups in total. The van der Waals surface area contributed by atoms with E-state index in [1.165, 1.54) is 0 Å². The van der Waals surface area contributed by atoms with Gasteiger partial charge in [-0.25, -0.2) is 4.98 Å². The molecule has 1 aromatic heterocycles. The first-order valence-electron chi connectivity index (χ1n) is 5.38. The van der Waals surface area contributed by atoms with Crippen LogP contribution in [0, 0.1) is 11.3 Å². The van der Waals surface area contributed by atoms with Crippen LogP contribution in [-0.2, 0) is 6.42 Å². The molecule has 0 fully saturated rings. The minimum absolute atomic E-state index is 0.477. The topological polar surface area (TPSA) is 61.7 Å². The Hall–Kier alpha value is -2.28. The van der Waals surface area contributed by atoms with Crippen molar-refractivity contribution in [2.45, 2.75) is 12.8 Å². The third-order valence-corrected chi connectivity index (χ3v) is 2.48. The molecule has 17 heavy (non-hydrogen) atoms. The lowest BCUT2D eigenvalue weighted by Crippen LogP contribution is -1.87. The summed E-state index contributed by atoms with van der Waals surface area (Å²) in [4.78, 5) is 7.44. The number of aryl methyl sites for hydroxylation is 1. The van der Waals surface area contributed by atoms with E-state index in [0.717, 1.165) is 22.8 Å². The van der Waals surface area contributed by atoms with E-state index in [-0.39, 0.29) is 0 Å². The van der Waals surface area contributed by atoms with Gasteiger partial charge in [-0.3, -0.25) is 0 Å². The summed E-state index contributed by atoms with van der Waals surface area (Å²) in [5.41, 5.74) is 1.97. The number of nitrogens with one attached hydrogen (secondary N) is 1.